The average molecular weight is 270 g/mol. The van der Waals surface area contributed by atoms with Gasteiger partial charge in [-0.3, -0.25) is 4.79 Å². The molecule has 20 heavy (non-hydrogen) atoms. The third-order valence-corrected chi connectivity index (χ3v) is 2.66. The molecule has 0 aliphatic carbocycles. The molecule has 0 spiro atoms. The Bertz CT molecular complexity index is 597. The van der Waals surface area contributed by atoms with Crippen molar-refractivity contribution >= 4 is 12.1 Å². The predicted octanol–water partition coefficient (Wildman–Crippen LogP) is 0.730. The van der Waals surface area contributed by atoms with Crippen molar-refractivity contribution in [1.29, 1.82) is 0 Å². The van der Waals surface area contributed by atoms with Crippen molar-refractivity contribution in [3.05, 3.63) is 66.0 Å². The Kier molecular flexibility index (Phi) is 4.97. The predicted molar refractivity (Wildman–Crippen MR) is 75.2 cm³/mol. The van der Waals surface area contributed by atoms with Gasteiger partial charge in [0.2, 0.25) is 0 Å². The molecule has 5 nitrogen and oxygen atoms in total. The van der Waals surface area contributed by atoms with Gasteiger partial charge in [-0.05, 0) is 11.6 Å². The van der Waals surface area contributed by atoms with Crippen LogP contribution in [-0.2, 0) is 6.54 Å². The molecule has 1 aromatic carbocycles. The van der Waals surface area contributed by atoms with Crippen molar-refractivity contribution in [2.45, 2.75) is 6.54 Å². The number of carbonyl (C=O) groups excluding carboxylic acids is 1. The molecule has 0 saturated heterocycles. The Morgan fingerprint density at radius 2 is 2.05 bits per heavy atom. The summed E-state index contributed by atoms with van der Waals surface area (Å²) in [4.78, 5) is 11.9. The summed E-state index contributed by atoms with van der Waals surface area (Å²) < 4.78 is 1.75. The second-order valence-corrected chi connectivity index (χ2v) is 4.16. The fraction of sp³-hybridized carbons (Fsp3) is 0.133. The highest BCUT2D eigenvalue weighted by Gasteiger charge is 2.09. The quantitative estimate of drug-likeness (QED) is 0.478. The number of pyridine rings is 1. The molecule has 2 N–H and O–H groups in total. The highest BCUT2D eigenvalue weighted by atomic mass is 16.3. The summed E-state index contributed by atoms with van der Waals surface area (Å²) in [7, 11) is 0. The summed E-state index contributed by atoms with van der Waals surface area (Å²) in [5, 5.41) is 12.8. The highest BCUT2D eigenvalue weighted by Crippen LogP contribution is 1.96. The van der Waals surface area contributed by atoms with Crippen LogP contribution in [0.1, 0.15) is 15.9 Å². The fourth-order valence-electron chi connectivity index (χ4n) is 1.68. The van der Waals surface area contributed by atoms with Crippen LogP contribution in [0.4, 0.5) is 0 Å². The number of hydrogen-bond donors (Lipinski definition) is 2. The van der Waals surface area contributed by atoms with Gasteiger partial charge in [-0.1, -0.05) is 30.3 Å². The monoisotopic (exact) mass is 270 g/mol. The second-order valence-electron chi connectivity index (χ2n) is 4.16. The van der Waals surface area contributed by atoms with Gasteiger partial charge in [0.15, 0.2) is 18.9 Å². The van der Waals surface area contributed by atoms with E-state index < -0.39 is 0 Å². The summed E-state index contributed by atoms with van der Waals surface area (Å²) in [6, 6.07) is 13.0. The van der Waals surface area contributed by atoms with Crippen LogP contribution in [0, 0.1) is 0 Å². The summed E-state index contributed by atoms with van der Waals surface area (Å²) in [5.41, 5.74) is 3.88. The maximum Gasteiger partial charge on any atom is 0.277 e. The number of aliphatic hydroxyl groups is 1. The number of aliphatic hydroxyl groups excluding tert-OH is 1. The normalized spacial score (nSPS) is 10.7. The number of rotatable bonds is 5. The number of hydrazone groups is 1. The second kappa shape index (κ2) is 7.16. The van der Waals surface area contributed by atoms with Crippen LogP contribution in [0.15, 0.2) is 60.0 Å². The van der Waals surface area contributed by atoms with Gasteiger partial charge in [0, 0.05) is 6.07 Å². The average Bonchev–Trinajstić information content (AvgIpc) is 2.49. The molecule has 0 radical (unpaired) electrons. The first-order valence-electron chi connectivity index (χ1n) is 6.28. The van der Waals surface area contributed by atoms with Crippen LogP contribution in [0.2, 0.25) is 0 Å². The SMILES string of the molecule is O=C(N/N=C/c1ccccc1)c1ccc[n+](CCO)c1. The van der Waals surface area contributed by atoms with E-state index in [4.69, 9.17) is 5.11 Å². The van der Waals surface area contributed by atoms with Gasteiger partial charge >= 0.3 is 0 Å². The topological polar surface area (TPSA) is 65.6 Å². The zero-order chi connectivity index (χ0) is 14.2. The first-order chi connectivity index (χ1) is 9.79. The van der Waals surface area contributed by atoms with E-state index in [1.54, 1.807) is 35.3 Å². The first-order valence-corrected chi connectivity index (χ1v) is 6.28. The highest BCUT2D eigenvalue weighted by molar-refractivity contribution is 5.94. The zero-order valence-electron chi connectivity index (χ0n) is 10.9. The van der Waals surface area contributed by atoms with Crippen molar-refractivity contribution in [2.75, 3.05) is 6.61 Å². The Morgan fingerprint density at radius 1 is 1.25 bits per heavy atom. The van der Waals surface area contributed by atoms with Crippen molar-refractivity contribution < 1.29 is 14.5 Å². The standard InChI is InChI=1S/C15H15N3O2/c19-10-9-18-8-4-7-14(12-18)15(20)17-16-11-13-5-2-1-3-6-13/h1-8,11-12,19H,9-10H2/p+1/b16-11+. The van der Waals surface area contributed by atoms with Crippen molar-refractivity contribution in [3.63, 3.8) is 0 Å². The molecule has 0 unspecified atom stereocenters. The van der Waals surface area contributed by atoms with E-state index in [0.717, 1.165) is 5.56 Å². The zero-order valence-corrected chi connectivity index (χ0v) is 10.9. The molecule has 1 heterocycles. The molecule has 5 heteroatoms. The minimum Gasteiger partial charge on any atom is -0.390 e. The lowest BCUT2D eigenvalue weighted by Crippen LogP contribution is -2.36. The van der Waals surface area contributed by atoms with E-state index in [9.17, 15) is 4.79 Å². The molecule has 0 aliphatic heterocycles. The van der Waals surface area contributed by atoms with E-state index in [1.807, 2.05) is 30.3 Å². The third-order valence-electron chi connectivity index (χ3n) is 2.66. The summed E-state index contributed by atoms with van der Waals surface area (Å²) in [6.07, 6.45) is 5.05. The van der Waals surface area contributed by atoms with E-state index in [0.29, 0.717) is 12.1 Å². The molecule has 1 aromatic heterocycles. The molecule has 0 bridgehead atoms. The Hall–Kier alpha value is -2.53. The van der Waals surface area contributed by atoms with Gasteiger partial charge in [0.25, 0.3) is 5.91 Å². The van der Waals surface area contributed by atoms with Crippen molar-refractivity contribution in [1.82, 2.24) is 5.43 Å². The van der Waals surface area contributed by atoms with Gasteiger partial charge in [-0.25, -0.2) is 9.99 Å². The van der Waals surface area contributed by atoms with Crippen LogP contribution >= 0.6 is 0 Å². The lowest BCUT2D eigenvalue weighted by atomic mass is 10.2. The summed E-state index contributed by atoms with van der Waals surface area (Å²) in [5.74, 6) is -0.288. The Morgan fingerprint density at radius 3 is 2.80 bits per heavy atom. The number of hydrogen-bond acceptors (Lipinski definition) is 3. The number of benzene rings is 1. The first kappa shape index (κ1) is 13.9. The largest absolute Gasteiger partial charge is 0.390 e. The van der Waals surface area contributed by atoms with Gasteiger partial charge in [-0.15, -0.1) is 0 Å². The van der Waals surface area contributed by atoms with E-state index in [1.165, 1.54) is 0 Å². The number of carbonyl (C=O) groups is 1. The fourth-order valence-corrected chi connectivity index (χ4v) is 1.68. The minimum absolute atomic E-state index is 0.0297. The van der Waals surface area contributed by atoms with Crippen molar-refractivity contribution in [3.8, 4) is 0 Å². The van der Waals surface area contributed by atoms with Crippen LogP contribution < -0.4 is 9.99 Å². The number of nitrogens with one attached hydrogen (secondary N) is 1. The minimum atomic E-state index is -0.288. The number of aromatic nitrogens is 1. The molecule has 0 atom stereocenters. The van der Waals surface area contributed by atoms with Crippen LogP contribution in [0.25, 0.3) is 0 Å². The molecule has 102 valence electrons. The van der Waals surface area contributed by atoms with Gasteiger partial charge in [0.1, 0.15) is 12.2 Å². The third kappa shape index (κ3) is 4.00. The molecule has 0 fully saturated rings. The molecular weight excluding hydrogens is 254 g/mol. The molecule has 1 amide bonds. The molecule has 0 saturated carbocycles. The maximum absolute atomic E-state index is 11.9. The summed E-state index contributed by atoms with van der Waals surface area (Å²) in [6.45, 7) is 0.482. The molecule has 2 rings (SSSR count). The summed E-state index contributed by atoms with van der Waals surface area (Å²) >= 11 is 0. The lowest BCUT2D eigenvalue weighted by Gasteiger charge is -1.99. The maximum atomic E-state index is 11.9. The Labute approximate surface area is 117 Å². The smallest absolute Gasteiger partial charge is 0.277 e. The number of amides is 1. The van der Waals surface area contributed by atoms with Gasteiger partial charge in [-0.2, -0.15) is 5.10 Å². The number of nitrogens with zero attached hydrogens (tertiary/aromatic N) is 2. The van der Waals surface area contributed by atoms with E-state index >= 15 is 0 Å². The van der Waals surface area contributed by atoms with Gasteiger partial charge in [0.05, 0.1) is 6.21 Å². The van der Waals surface area contributed by atoms with E-state index in [-0.39, 0.29) is 12.5 Å². The molecular formula is C15H16N3O2+. The van der Waals surface area contributed by atoms with Gasteiger partial charge < -0.3 is 5.11 Å². The van der Waals surface area contributed by atoms with Crippen LogP contribution in [0.3, 0.4) is 0 Å². The van der Waals surface area contributed by atoms with Crippen LogP contribution in [-0.4, -0.2) is 23.8 Å². The van der Waals surface area contributed by atoms with Crippen LogP contribution in [0.5, 0.6) is 0 Å². The molecule has 2 aromatic rings. The van der Waals surface area contributed by atoms with Crippen molar-refractivity contribution in [2.24, 2.45) is 5.10 Å². The lowest BCUT2D eigenvalue weighted by molar-refractivity contribution is -0.698. The Balaban J connectivity index is 1.98. The van der Waals surface area contributed by atoms with E-state index in [2.05, 4.69) is 10.5 Å². The molecule has 0 aliphatic rings.